The summed E-state index contributed by atoms with van der Waals surface area (Å²) < 4.78 is 5.20. The highest BCUT2D eigenvalue weighted by Gasteiger charge is 2.36. The summed E-state index contributed by atoms with van der Waals surface area (Å²) in [5.74, 6) is 2.46. The molecule has 0 bridgehead atoms. The third-order valence-electron chi connectivity index (χ3n) is 3.03. The minimum absolute atomic E-state index is 0.0285. The fourth-order valence-electron chi connectivity index (χ4n) is 1.73. The number of amides is 1. The van der Waals surface area contributed by atoms with Crippen LogP contribution in [0.5, 0.6) is 0 Å². The second-order valence-corrected chi connectivity index (χ2v) is 4.26. The number of nitrogens with one attached hydrogen (secondary N) is 1. The number of ether oxygens (including phenoxy) is 1. The van der Waals surface area contributed by atoms with Gasteiger partial charge in [-0.05, 0) is 19.3 Å². The molecule has 0 aromatic heterocycles. The van der Waals surface area contributed by atoms with E-state index >= 15 is 0 Å². The van der Waals surface area contributed by atoms with Crippen molar-refractivity contribution >= 4 is 5.91 Å². The lowest BCUT2D eigenvalue weighted by Crippen LogP contribution is -2.58. The zero-order chi connectivity index (χ0) is 12.0. The fourth-order valence-corrected chi connectivity index (χ4v) is 1.73. The number of hydrogen-bond donors (Lipinski definition) is 2. The quantitative estimate of drug-likeness (QED) is 0.680. The Balaban J connectivity index is 2.52. The zero-order valence-corrected chi connectivity index (χ0v) is 9.79. The molecule has 90 valence electrons. The van der Waals surface area contributed by atoms with E-state index in [0.717, 1.165) is 6.42 Å². The number of terminal acetylenes is 1. The SMILES string of the molecule is C#CCC(CC)NC(=O)C1(N)CCOCC1. The van der Waals surface area contributed by atoms with E-state index < -0.39 is 5.54 Å². The van der Waals surface area contributed by atoms with E-state index in [-0.39, 0.29) is 11.9 Å². The highest BCUT2D eigenvalue weighted by atomic mass is 16.5. The molecule has 1 saturated heterocycles. The molecule has 1 heterocycles. The summed E-state index contributed by atoms with van der Waals surface area (Å²) >= 11 is 0. The lowest BCUT2D eigenvalue weighted by atomic mass is 9.90. The van der Waals surface area contributed by atoms with Gasteiger partial charge in [0.15, 0.2) is 0 Å². The molecule has 0 aromatic carbocycles. The molecular formula is C12H20N2O2. The van der Waals surface area contributed by atoms with E-state index in [4.69, 9.17) is 16.9 Å². The largest absolute Gasteiger partial charge is 0.381 e. The van der Waals surface area contributed by atoms with E-state index in [1.54, 1.807) is 0 Å². The molecule has 16 heavy (non-hydrogen) atoms. The van der Waals surface area contributed by atoms with Crippen LogP contribution in [0.2, 0.25) is 0 Å². The van der Waals surface area contributed by atoms with Crippen molar-refractivity contribution in [3.63, 3.8) is 0 Å². The average Bonchev–Trinajstić information content (AvgIpc) is 2.29. The van der Waals surface area contributed by atoms with Gasteiger partial charge in [0, 0.05) is 25.7 Å². The molecule has 4 heteroatoms. The first kappa shape index (κ1) is 13.0. The standard InChI is InChI=1S/C12H20N2O2/c1-3-5-10(4-2)14-11(15)12(13)6-8-16-9-7-12/h1,10H,4-9,13H2,2H3,(H,14,15). The predicted octanol–water partition coefficient (Wildman–Crippen LogP) is 0.412. The number of carbonyl (C=O) groups excluding carboxylic acids is 1. The molecule has 0 spiro atoms. The summed E-state index contributed by atoms with van der Waals surface area (Å²) in [6.45, 7) is 3.10. The lowest BCUT2D eigenvalue weighted by molar-refractivity contribution is -0.130. The van der Waals surface area contributed by atoms with E-state index in [0.29, 0.717) is 32.5 Å². The molecule has 4 nitrogen and oxygen atoms in total. The molecular weight excluding hydrogens is 204 g/mol. The molecule has 1 rings (SSSR count). The number of hydrogen-bond acceptors (Lipinski definition) is 3. The van der Waals surface area contributed by atoms with Gasteiger partial charge in [-0.25, -0.2) is 0 Å². The first-order chi connectivity index (χ1) is 7.62. The highest BCUT2D eigenvalue weighted by Crippen LogP contribution is 2.18. The third-order valence-corrected chi connectivity index (χ3v) is 3.03. The minimum Gasteiger partial charge on any atom is -0.381 e. The van der Waals surface area contributed by atoms with Crippen LogP contribution in [0.25, 0.3) is 0 Å². The van der Waals surface area contributed by atoms with Crippen LogP contribution in [0.15, 0.2) is 0 Å². The Morgan fingerprint density at radius 2 is 2.25 bits per heavy atom. The van der Waals surface area contributed by atoms with Crippen molar-refractivity contribution in [3.05, 3.63) is 0 Å². The van der Waals surface area contributed by atoms with Gasteiger partial charge in [-0.15, -0.1) is 12.3 Å². The van der Waals surface area contributed by atoms with Gasteiger partial charge in [-0.2, -0.15) is 0 Å². The molecule has 0 saturated carbocycles. The summed E-state index contributed by atoms with van der Waals surface area (Å²) in [7, 11) is 0. The van der Waals surface area contributed by atoms with E-state index in [1.807, 2.05) is 6.92 Å². The third kappa shape index (κ3) is 3.22. The Labute approximate surface area is 96.9 Å². The summed E-state index contributed by atoms with van der Waals surface area (Å²) in [5.41, 5.74) is 5.28. The Hall–Kier alpha value is -1.05. The molecule has 0 radical (unpaired) electrons. The summed E-state index contributed by atoms with van der Waals surface area (Å²) in [5, 5.41) is 2.92. The van der Waals surface area contributed by atoms with Crippen LogP contribution in [0.1, 0.15) is 32.6 Å². The Morgan fingerprint density at radius 3 is 2.75 bits per heavy atom. The smallest absolute Gasteiger partial charge is 0.240 e. The van der Waals surface area contributed by atoms with Gasteiger partial charge < -0.3 is 15.8 Å². The maximum Gasteiger partial charge on any atom is 0.240 e. The molecule has 1 aliphatic rings. The Bertz CT molecular complexity index is 277. The summed E-state index contributed by atoms with van der Waals surface area (Å²) in [6.07, 6.45) is 7.76. The van der Waals surface area contributed by atoms with Crippen LogP contribution in [0, 0.1) is 12.3 Å². The van der Waals surface area contributed by atoms with Gasteiger partial charge in [0.1, 0.15) is 0 Å². The van der Waals surface area contributed by atoms with E-state index in [1.165, 1.54) is 0 Å². The van der Waals surface area contributed by atoms with Crippen molar-refractivity contribution in [2.45, 2.75) is 44.2 Å². The average molecular weight is 224 g/mol. The molecule has 1 fully saturated rings. The first-order valence-electron chi connectivity index (χ1n) is 5.73. The van der Waals surface area contributed by atoms with Crippen LogP contribution in [0.4, 0.5) is 0 Å². The normalized spacial score (nSPS) is 20.8. The second-order valence-electron chi connectivity index (χ2n) is 4.26. The van der Waals surface area contributed by atoms with Crippen molar-refractivity contribution in [3.8, 4) is 12.3 Å². The maximum absolute atomic E-state index is 12.0. The molecule has 1 unspecified atom stereocenters. The number of nitrogens with two attached hydrogens (primary N) is 1. The highest BCUT2D eigenvalue weighted by molar-refractivity contribution is 5.86. The number of rotatable bonds is 4. The van der Waals surface area contributed by atoms with Crippen molar-refractivity contribution < 1.29 is 9.53 Å². The maximum atomic E-state index is 12.0. The minimum atomic E-state index is -0.778. The Morgan fingerprint density at radius 1 is 1.62 bits per heavy atom. The van der Waals surface area contributed by atoms with E-state index in [9.17, 15) is 4.79 Å². The van der Waals surface area contributed by atoms with Gasteiger partial charge in [0.2, 0.25) is 5.91 Å². The van der Waals surface area contributed by atoms with Gasteiger partial charge in [0.05, 0.1) is 5.54 Å². The van der Waals surface area contributed by atoms with Crippen LogP contribution < -0.4 is 11.1 Å². The van der Waals surface area contributed by atoms with Crippen molar-refractivity contribution in [2.24, 2.45) is 5.73 Å². The van der Waals surface area contributed by atoms with Gasteiger partial charge in [0.25, 0.3) is 0 Å². The predicted molar refractivity (Wildman–Crippen MR) is 62.6 cm³/mol. The topological polar surface area (TPSA) is 64.4 Å². The second kappa shape index (κ2) is 5.88. The van der Waals surface area contributed by atoms with E-state index in [2.05, 4.69) is 11.2 Å². The van der Waals surface area contributed by atoms with Gasteiger partial charge >= 0.3 is 0 Å². The zero-order valence-electron chi connectivity index (χ0n) is 9.79. The van der Waals surface area contributed by atoms with Crippen LogP contribution in [0.3, 0.4) is 0 Å². The lowest BCUT2D eigenvalue weighted by Gasteiger charge is -2.33. The van der Waals surface area contributed by atoms with Crippen LogP contribution in [-0.2, 0) is 9.53 Å². The molecule has 1 atom stereocenters. The summed E-state index contributed by atoms with van der Waals surface area (Å²) in [4.78, 5) is 12.0. The molecule has 3 N–H and O–H groups in total. The molecule has 0 aromatic rings. The van der Waals surface area contributed by atoms with Crippen molar-refractivity contribution in [2.75, 3.05) is 13.2 Å². The van der Waals surface area contributed by atoms with Gasteiger partial charge in [-0.3, -0.25) is 4.79 Å². The first-order valence-corrected chi connectivity index (χ1v) is 5.73. The van der Waals surface area contributed by atoms with Crippen LogP contribution >= 0.6 is 0 Å². The van der Waals surface area contributed by atoms with Gasteiger partial charge in [-0.1, -0.05) is 6.92 Å². The van der Waals surface area contributed by atoms with Crippen molar-refractivity contribution in [1.29, 1.82) is 0 Å². The molecule has 1 aliphatic heterocycles. The fraction of sp³-hybridized carbons (Fsp3) is 0.750. The summed E-state index contributed by atoms with van der Waals surface area (Å²) in [6, 6.07) is 0.0285. The number of carbonyl (C=O) groups is 1. The monoisotopic (exact) mass is 224 g/mol. The van der Waals surface area contributed by atoms with Crippen LogP contribution in [-0.4, -0.2) is 30.7 Å². The molecule has 1 amide bonds. The Kier molecular flexibility index (Phi) is 4.78. The molecule has 0 aliphatic carbocycles. The van der Waals surface area contributed by atoms with Crippen molar-refractivity contribution in [1.82, 2.24) is 5.32 Å².